The Labute approximate surface area is 180 Å². The Morgan fingerprint density at radius 1 is 1.16 bits per heavy atom. The lowest BCUT2D eigenvalue weighted by atomic mass is 9.74. The number of H-pyrrole nitrogens is 1. The lowest BCUT2D eigenvalue weighted by molar-refractivity contribution is -0.114. The van der Waals surface area contributed by atoms with Crippen LogP contribution in [0.5, 0.6) is 0 Å². The van der Waals surface area contributed by atoms with Crippen LogP contribution in [0.2, 0.25) is 0 Å². The standard InChI is InChI=1S/C24H26FN3O3/c1-15-7-8-20-17(13-15)21(27-16(2)29)22(28-20)23(30)26-14-24(9-11-31-12-10-24)18-5-3-4-6-19(18)25/h3-8,13,28H,9-12,14H2,1-2H3,(H,26,30)(H,27,29). The minimum atomic E-state index is -0.546. The van der Waals surface area contributed by atoms with E-state index in [9.17, 15) is 14.0 Å². The van der Waals surface area contributed by atoms with E-state index in [1.54, 1.807) is 12.1 Å². The van der Waals surface area contributed by atoms with Crippen molar-refractivity contribution in [2.24, 2.45) is 0 Å². The number of amides is 2. The van der Waals surface area contributed by atoms with Gasteiger partial charge in [0.25, 0.3) is 5.91 Å². The van der Waals surface area contributed by atoms with E-state index in [1.165, 1.54) is 13.0 Å². The van der Waals surface area contributed by atoms with Crippen molar-refractivity contribution in [2.45, 2.75) is 32.1 Å². The third-order valence-electron chi connectivity index (χ3n) is 5.96. The molecule has 0 bridgehead atoms. The van der Waals surface area contributed by atoms with Gasteiger partial charge in [0, 0.05) is 43.0 Å². The van der Waals surface area contributed by atoms with E-state index >= 15 is 0 Å². The summed E-state index contributed by atoms with van der Waals surface area (Å²) in [6, 6.07) is 12.4. The minimum Gasteiger partial charge on any atom is -0.381 e. The monoisotopic (exact) mass is 423 g/mol. The average Bonchev–Trinajstić information content (AvgIpc) is 3.10. The van der Waals surface area contributed by atoms with E-state index in [2.05, 4.69) is 15.6 Å². The number of nitrogens with one attached hydrogen (secondary N) is 3. The molecule has 2 heterocycles. The molecule has 0 atom stereocenters. The zero-order valence-corrected chi connectivity index (χ0v) is 17.7. The van der Waals surface area contributed by atoms with Gasteiger partial charge in [0.05, 0.1) is 5.69 Å². The molecule has 0 radical (unpaired) electrons. The predicted octanol–water partition coefficient (Wildman–Crippen LogP) is 4.05. The summed E-state index contributed by atoms with van der Waals surface area (Å²) in [6.07, 6.45) is 1.22. The Hall–Kier alpha value is -3.19. The first-order valence-electron chi connectivity index (χ1n) is 10.4. The lowest BCUT2D eigenvalue weighted by Gasteiger charge is -2.38. The van der Waals surface area contributed by atoms with Gasteiger partial charge < -0.3 is 20.4 Å². The first-order valence-corrected chi connectivity index (χ1v) is 10.4. The van der Waals surface area contributed by atoms with Crippen LogP contribution in [0.4, 0.5) is 10.1 Å². The van der Waals surface area contributed by atoms with Crippen molar-refractivity contribution < 1.29 is 18.7 Å². The number of carbonyl (C=O) groups is 2. The van der Waals surface area contributed by atoms with Crippen LogP contribution in [0, 0.1) is 12.7 Å². The third kappa shape index (κ3) is 4.18. The number of ether oxygens (including phenoxy) is 1. The third-order valence-corrected chi connectivity index (χ3v) is 5.96. The number of anilines is 1. The number of aryl methyl sites for hydroxylation is 1. The number of halogens is 1. The fourth-order valence-electron chi connectivity index (χ4n) is 4.31. The van der Waals surface area contributed by atoms with Crippen LogP contribution in [0.15, 0.2) is 42.5 Å². The Balaban J connectivity index is 1.65. The molecule has 1 aromatic heterocycles. The molecule has 1 fully saturated rings. The van der Waals surface area contributed by atoms with Gasteiger partial charge in [-0.15, -0.1) is 0 Å². The molecule has 0 saturated carbocycles. The number of benzene rings is 2. The van der Waals surface area contributed by atoms with Crippen molar-refractivity contribution in [3.05, 3.63) is 65.1 Å². The predicted molar refractivity (Wildman–Crippen MR) is 118 cm³/mol. The molecular formula is C24H26FN3O3. The van der Waals surface area contributed by atoms with Crippen LogP contribution >= 0.6 is 0 Å². The van der Waals surface area contributed by atoms with Gasteiger partial charge in [0.15, 0.2) is 0 Å². The summed E-state index contributed by atoms with van der Waals surface area (Å²) in [4.78, 5) is 28.1. The summed E-state index contributed by atoms with van der Waals surface area (Å²) in [6.45, 7) is 4.64. The molecule has 2 aromatic carbocycles. The van der Waals surface area contributed by atoms with Crippen molar-refractivity contribution in [3.8, 4) is 0 Å². The molecule has 0 spiro atoms. The van der Waals surface area contributed by atoms with Gasteiger partial charge in [-0.3, -0.25) is 9.59 Å². The summed E-state index contributed by atoms with van der Waals surface area (Å²) in [5, 5.41) is 6.54. The first kappa shape index (κ1) is 21.1. The maximum Gasteiger partial charge on any atom is 0.269 e. The first-order chi connectivity index (χ1) is 14.9. The fraction of sp³-hybridized carbons (Fsp3) is 0.333. The molecule has 7 heteroatoms. The fourth-order valence-corrected chi connectivity index (χ4v) is 4.31. The molecule has 0 aliphatic carbocycles. The Morgan fingerprint density at radius 2 is 1.90 bits per heavy atom. The number of hydrogen-bond donors (Lipinski definition) is 3. The van der Waals surface area contributed by atoms with Gasteiger partial charge in [-0.2, -0.15) is 0 Å². The summed E-state index contributed by atoms with van der Waals surface area (Å²) < 4.78 is 20.1. The highest BCUT2D eigenvalue weighted by Crippen LogP contribution is 2.36. The van der Waals surface area contributed by atoms with Crippen molar-refractivity contribution in [3.63, 3.8) is 0 Å². The van der Waals surface area contributed by atoms with Gasteiger partial charge in [-0.05, 0) is 43.5 Å². The molecule has 3 aromatic rings. The van der Waals surface area contributed by atoms with E-state index < -0.39 is 5.41 Å². The average molecular weight is 423 g/mol. The summed E-state index contributed by atoms with van der Waals surface area (Å²) in [7, 11) is 0. The highest BCUT2D eigenvalue weighted by Gasteiger charge is 2.37. The van der Waals surface area contributed by atoms with E-state index in [1.807, 2.05) is 31.2 Å². The van der Waals surface area contributed by atoms with Crippen molar-refractivity contribution >= 4 is 28.4 Å². The van der Waals surface area contributed by atoms with Gasteiger partial charge in [-0.25, -0.2) is 4.39 Å². The molecule has 1 aliphatic heterocycles. The second-order valence-electron chi connectivity index (χ2n) is 8.16. The largest absolute Gasteiger partial charge is 0.381 e. The SMILES string of the molecule is CC(=O)Nc1c(C(=O)NCC2(c3ccccc3F)CCOCC2)[nH]c2ccc(C)cc12. The molecule has 2 amide bonds. The molecule has 6 nitrogen and oxygen atoms in total. The molecular weight excluding hydrogens is 397 g/mol. The van der Waals surface area contributed by atoms with E-state index in [0.717, 1.165) is 16.5 Å². The van der Waals surface area contributed by atoms with Crippen LogP contribution in [0.25, 0.3) is 10.9 Å². The van der Waals surface area contributed by atoms with Gasteiger partial charge in [0.2, 0.25) is 5.91 Å². The maximum atomic E-state index is 14.6. The van der Waals surface area contributed by atoms with Gasteiger partial charge in [0.1, 0.15) is 11.5 Å². The number of rotatable bonds is 5. The zero-order valence-electron chi connectivity index (χ0n) is 17.7. The molecule has 162 valence electrons. The van der Waals surface area contributed by atoms with E-state index in [4.69, 9.17) is 4.74 Å². The number of carbonyl (C=O) groups excluding carboxylic acids is 2. The number of aromatic nitrogens is 1. The number of fused-ring (bicyclic) bond motifs is 1. The summed E-state index contributed by atoms with van der Waals surface area (Å²) in [5.41, 5.74) is 2.56. The highest BCUT2D eigenvalue weighted by atomic mass is 19.1. The topological polar surface area (TPSA) is 83.2 Å². The minimum absolute atomic E-state index is 0.260. The smallest absolute Gasteiger partial charge is 0.269 e. The van der Waals surface area contributed by atoms with E-state index in [-0.39, 0.29) is 29.9 Å². The van der Waals surface area contributed by atoms with Crippen molar-refractivity contribution in [1.29, 1.82) is 0 Å². The van der Waals surface area contributed by atoms with Crippen LogP contribution in [-0.4, -0.2) is 36.6 Å². The molecule has 1 saturated heterocycles. The van der Waals surface area contributed by atoms with Crippen molar-refractivity contribution in [2.75, 3.05) is 25.1 Å². The molecule has 31 heavy (non-hydrogen) atoms. The highest BCUT2D eigenvalue weighted by molar-refractivity contribution is 6.12. The molecule has 3 N–H and O–H groups in total. The Morgan fingerprint density at radius 3 is 2.61 bits per heavy atom. The quantitative estimate of drug-likeness (QED) is 0.579. The second-order valence-corrected chi connectivity index (χ2v) is 8.16. The van der Waals surface area contributed by atoms with Crippen LogP contribution in [0.1, 0.15) is 41.4 Å². The number of aromatic amines is 1. The summed E-state index contributed by atoms with van der Waals surface area (Å²) in [5.74, 6) is -0.887. The molecule has 0 unspecified atom stereocenters. The molecule has 4 rings (SSSR count). The molecule has 1 aliphatic rings. The van der Waals surface area contributed by atoms with Crippen LogP contribution < -0.4 is 10.6 Å². The Kier molecular flexibility index (Phi) is 5.78. The van der Waals surface area contributed by atoms with Gasteiger partial charge >= 0.3 is 0 Å². The van der Waals surface area contributed by atoms with Gasteiger partial charge in [-0.1, -0.05) is 29.8 Å². The lowest BCUT2D eigenvalue weighted by Crippen LogP contribution is -2.45. The number of hydrogen-bond acceptors (Lipinski definition) is 3. The normalized spacial score (nSPS) is 15.6. The van der Waals surface area contributed by atoms with E-state index in [0.29, 0.717) is 37.3 Å². The zero-order chi connectivity index (χ0) is 22.0. The van der Waals surface area contributed by atoms with Crippen LogP contribution in [-0.2, 0) is 14.9 Å². The van der Waals surface area contributed by atoms with Crippen LogP contribution in [0.3, 0.4) is 0 Å². The maximum absolute atomic E-state index is 14.6. The summed E-state index contributed by atoms with van der Waals surface area (Å²) >= 11 is 0. The van der Waals surface area contributed by atoms with Crippen molar-refractivity contribution in [1.82, 2.24) is 10.3 Å². The second kappa shape index (κ2) is 8.51. The Bertz CT molecular complexity index is 1130.